The molecule has 3 atom stereocenters. The van der Waals surface area contributed by atoms with Crippen LogP contribution >= 0.6 is 0 Å². The number of hydrogen-bond donors (Lipinski definition) is 4. The van der Waals surface area contributed by atoms with Crippen LogP contribution in [0.5, 0.6) is 0 Å². The van der Waals surface area contributed by atoms with Gasteiger partial charge in [-0.05, 0) is 38.5 Å². The van der Waals surface area contributed by atoms with E-state index in [1.807, 2.05) is 0 Å². The molecule has 5 nitrogen and oxygen atoms in total. The van der Waals surface area contributed by atoms with Gasteiger partial charge in [0, 0.05) is 6.42 Å². The van der Waals surface area contributed by atoms with Crippen LogP contribution in [0.4, 0.5) is 0 Å². The molecule has 0 bridgehead atoms. The van der Waals surface area contributed by atoms with Crippen LogP contribution in [0.15, 0.2) is 12.2 Å². The van der Waals surface area contributed by atoms with E-state index in [9.17, 15) is 20.1 Å². The summed E-state index contributed by atoms with van der Waals surface area (Å²) in [6.07, 6.45) is 59.2. The second kappa shape index (κ2) is 48.8. The fourth-order valence-electron chi connectivity index (χ4n) is 8.51. The molecule has 0 fully saturated rings. The van der Waals surface area contributed by atoms with E-state index in [1.165, 1.54) is 238 Å². The Labute approximate surface area is 363 Å². The van der Waals surface area contributed by atoms with Crippen molar-refractivity contribution < 1.29 is 20.1 Å². The molecule has 0 saturated carbocycles. The van der Waals surface area contributed by atoms with Crippen molar-refractivity contribution in [3.8, 4) is 0 Å². The molecule has 1 amide bonds. The third-order valence-corrected chi connectivity index (χ3v) is 12.6. The number of nitrogens with one attached hydrogen (secondary N) is 1. The molecule has 0 saturated heterocycles. The van der Waals surface area contributed by atoms with Gasteiger partial charge < -0.3 is 20.6 Å². The lowest BCUT2D eigenvalue weighted by Crippen LogP contribution is -2.50. The van der Waals surface area contributed by atoms with Crippen molar-refractivity contribution in [3.63, 3.8) is 0 Å². The number of hydrogen-bond acceptors (Lipinski definition) is 4. The van der Waals surface area contributed by atoms with Crippen molar-refractivity contribution in [3.05, 3.63) is 12.2 Å². The van der Waals surface area contributed by atoms with Crippen molar-refractivity contribution in [1.29, 1.82) is 0 Å². The monoisotopic (exact) mass is 820 g/mol. The topological polar surface area (TPSA) is 89.8 Å². The maximum atomic E-state index is 12.5. The summed E-state index contributed by atoms with van der Waals surface area (Å²) in [7, 11) is 0. The second-order valence-corrected chi connectivity index (χ2v) is 18.4. The molecule has 346 valence electrons. The number of unbranched alkanes of at least 4 members (excludes halogenated alkanes) is 39. The number of amides is 1. The van der Waals surface area contributed by atoms with E-state index < -0.39 is 18.2 Å². The van der Waals surface area contributed by atoms with Gasteiger partial charge in [0.25, 0.3) is 0 Å². The normalized spacial score (nSPS) is 13.4. The fraction of sp³-hybridized carbons (Fsp3) is 0.943. The van der Waals surface area contributed by atoms with Gasteiger partial charge in [-0.1, -0.05) is 264 Å². The van der Waals surface area contributed by atoms with E-state index in [-0.39, 0.29) is 12.5 Å². The Kier molecular flexibility index (Phi) is 48.0. The van der Waals surface area contributed by atoms with Crippen LogP contribution in [0, 0.1) is 0 Å². The maximum Gasteiger partial charge on any atom is 0.220 e. The average molecular weight is 820 g/mol. The van der Waals surface area contributed by atoms with Crippen LogP contribution < -0.4 is 5.32 Å². The number of carbonyl (C=O) groups is 1. The average Bonchev–Trinajstić information content (AvgIpc) is 3.23. The van der Waals surface area contributed by atoms with Crippen LogP contribution in [0.3, 0.4) is 0 Å². The minimum atomic E-state index is -1.14. The molecule has 5 heteroatoms. The van der Waals surface area contributed by atoms with Crippen molar-refractivity contribution in [1.82, 2.24) is 5.32 Å². The van der Waals surface area contributed by atoms with Gasteiger partial charge in [0.1, 0.15) is 6.10 Å². The Morgan fingerprint density at radius 1 is 0.414 bits per heavy atom. The van der Waals surface area contributed by atoms with E-state index in [4.69, 9.17) is 0 Å². The summed E-state index contributed by atoms with van der Waals surface area (Å²) < 4.78 is 0. The molecule has 0 aliphatic carbocycles. The third-order valence-electron chi connectivity index (χ3n) is 12.6. The molecule has 0 heterocycles. The van der Waals surface area contributed by atoms with Gasteiger partial charge in [0.2, 0.25) is 5.91 Å². The highest BCUT2D eigenvalue weighted by Crippen LogP contribution is 2.18. The first-order chi connectivity index (χ1) is 28.6. The fourth-order valence-corrected chi connectivity index (χ4v) is 8.51. The van der Waals surface area contributed by atoms with Crippen LogP contribution in [-0.2, 0) is 4.79 Å². The molecule has 0 aromatic heterocycles. The first-order valence-electron chi connectivity index (χ1n) is 26.5. The highest BCUT2D eigenvalue weighted by Gasteiger charge is 2.26. The predicted octanol–water partition coefficient (Wildman–Crippen LogP) is 15.9. The Hall–Kier alpha value is -0.910. The number of aliphatic hydroxyl groups is 3. The lowest BCUT2D eigenvalue weighted by Gasteiger charge is -2.26. The molecular weight excluding hydrogens is 715 g/mol. The molecule has 0 radical (unpaired) electrons. The summed E-state index contributed by atoms with van der Waals surface area (Å²) in [5, 5.41) is 33.7. The molecule has 4 N–H and O–H groups in total. The van der Waals surface area contributed by atoms with Gasteiger partial charge in [-0.2, -0.15) is 0 Å². The molecule has 0 aliphatic rings. The number of allylic oxidation sites excluding steroid dienone is 2. The standard InChI is InChI=1S/C53H105NO4/c1-3-5-7-9-11-13-15-17-19-21-23-25-26-27-28-29-31-33-35-37-39-41-43-45-47-51(56)53(58)50(49-55)54-52(57)48-46-44-42-40-38-36-34-32-30-24-22-20-18-16-14-12-10-8-6-4-2/h24,30,50-51,53,55-56,58H,3-23,25-29,31-49H2,1-2H3,(H,54,57)/b30-24-. The second-order valence-electron chi connectivity index (χ2n) is 18.4. The van der Waals surface area contributed by atoms with Gasteiger partial charge in [0.15, 0.2) is 0 Å². The molecule has 58 heavy (non-hydrogen) atoms. The number of carbonyl (C=O) groups excluding carboxylic acids is 1. The smallest absolute Gasteiger partial charge is 0.220 e. The van der Waals surface area contributed by atoms with Gasteiger partial charge in [0.05, 0.1) is 18.8 Å². The van der Waals surface area contributed by atoms with E-state index in [0.717, 1.165) is 32.1 Å². The maximum absolute atomic E-state index is 12.5. The summed E-state index contributed by atoms with van der Waals surface area (Å²) in [6.45, 7) is 4.21. The highest BCUT2D eigenvalue weighted by molar-refractivity contribution is 5.76. The van der Waals surface area contributed by atoms with E-state index >= 15 is 0 Å². The van der Waals surface area contributed by atoms with E-state index in [0.29, 0.717) is 12.8 Å². The lowest BCUT2D eigenvalue weighted by molar-refractivity contribution is -0.124. The minimum Gasteiger partial charge on any atom is -0.394 e. The van der Waals surface area contributed by atoms with E-state index in [1.54, 1.807) is 0 Å². The largest absolute Gasteiger partial charge is 0.394 e. The number of aliphatic hydroxyl groups excluding tert-OH is 3. The summed E-state index contributed by atoms with van der Waals surface area (Å²) >= 11 is 0. The molecule has 0 aromatic rings. The van der Waals surface area contributed by atoms with Crippen molar-refractivity contribution in [2.24, 2.45) is 0 Å². The summed E-state index contributed by atoms with van der Waals surface area (Å²) in [5.41, 5.74) is 0. The zero-order chi connectivity index (χ0) is 42.3. The third kappa shape index (κ3) is 43.2. The molecular formula is C53H105NO4. The van der Waals surface area contributed by atoms with E-state index in [2.05, 4.69) is 31.3 Å². The van der Waals surface area contributed by atoms with Crippen LogP contribution in [0.2, 0.25) is 0 Å². The van der Waals surface area contributed by atoms with Crippen LogP contribution in [0.25, 0.3) is 0 Å². The molecule has 0 spiro atoms. The first-order valence-corrected chi connectivity index (χ1v) is 26.5. The van der Waals surface area contributed by atoms with Crippen LogP contribution in [0.1, 0.15) is 296 Å². The van der Waals surface area contributed by atoms with Gasteiger partial charge in [-0.3, -0.25) is 4.79 Å². The summed E-state index contributed by atoms with van der Waals surface area (Å²) in [4.78, 5) is 12.5. The van der Waals surface area contributed by atoms with Crippen molar-refractivity contribution in [2.75, 3.05) is 6.61 Å². The zero-order valence-corrected chi connectivity index (χ0v) is 39.5. The van der Waals surface area contributed by atoms with Crippen molar-refractivity contribution in [2.45, 2.75) is 315 Å². The first kappa shape index (κ1) is 57.1. The Morgan fingerprint density at radius 2 is 0.690 bits per heavy atom. The predicted molar refractivity (Wildman–Crippen MR) is 255 cm³/mol. The summed E-state index contributed by atoms with van der Waals surface area (Å²) in [6, 6.07) is -0.809. The Morgan fingerprint density at radius 3 is 1.00 bits per heavy atom. The minimum absolute atomic E-state index is 0.144. The highest BCUT2D eigenvalue weighted by atomic mass is 16.3. The lowest BCUT2D eigenvalue weighted by atomic mass is 9.99. The van der Waals surface area contributed by atoms with Gasteiger partial charge in [-0.15, -0.1) is 0 Å². The van der Waals surface area contributed by atoms with Gasteiger partial charge in [-0.25, -0.2) is 0 Å². The van der Waals surface area contributed by atoms with Crippen molar-refractivity contribution >= 4 is 5.91 Å². The quantitative estimate of drug-likeness (QED) is 0.0364. The Bertz CT molecular complexity index is 818. The number of rotatable bonds is 49. The SMILES string of the molecule is CCCCCCCCCCC/C=C\CCCCCCCCCC(=O)NC(CO)C(O)C(O)CCCCCCCCCCCCCCCCCCCCCCCCCC. The Balaban J connectivity index is 3.54. The van der Waals surface area contributed by atoms with Crippen LogP contribution in [-0.4, -0.2) is 46.1 Å². The molecule has 0 rings (SSSR count). The molecule has 0 aromatic carbocycles. The van der Waals surface area contributed by atoms with Gasteiger partial charge >= 0.3 is 0 Å². The zero-order valence-electron chi connectivity index (χ0n) is 39.5. The molecule has 0 aliphatic heterocycles. The summed E-state index contributed by atoms with van der Waals surface area (Å²) in [5.74, 6) is -0.144. The molecule has 3 unspecified atom stereocenters.